The lowest BCUT2D eigenvalue weighted by Crippen LogP contribution is -2.45. The van der Waals surface area contributed by atoms with Gasteiger partial charge in [0.1, 0.15) is 5.60 Å². The van der Waals surface area contributed by atoms with Gasteiger partial charge in [-0.1, -0.05) is 6.92 Å². The number of aryl methyl sites for hydroxylation is 1. The van der Waals surface area contributed by atoms with Gasteiger partial charge in [0.05, 0.1) is 0 Å². The summed E-state index contributed by atoms with van der Waals surface area (Å²) >= 11 is 0. The van der Waals surface area contributed by atoms with Crippen molar-refractivity contribution in [1.82, 2.24) is 10.3 Å². The van der Waals surface area contributed by atoms with Crippen LogP contribution < -0.4 is 11.1 Å². The van der Waals surface area contributed by atoms with E-state index in [0.29, 0.717) is 13.1 Å². The van der Waals surface area contributed by atoms with Crippen LogP contribution in [0.2, 0.25) is 0 Å². The monoisotopic (exact) mass is 279 g/mol. The van der Waals surface area contributed by atoms with E-state index in [4.69, 9.17) is 10.5 Å². The van der Waals surface area contributed by atoms with Crippen molar-refractivity contribution in [1.29, 1.82) is 0 Å². The van der Waals surface area contributed by atoms with E-state index in [1.54, 1.807) is 6.20 Å². The first kappa shape index (κ1) is 16.4. The van der Waals surface area contributed by atoms with Crippen molar-refractivity contribution in [3.05, 3.63) is 29.6 Å². The van der Waals surface area contributed by atoms with Crippen molar-refractivity contribution in [2.45, 2.75) is 45.6 Å². The highest BCUT2D eigenvalue weighted by atomic mass is 16.6. The Morgan fingerprint density at radius 3 is 2.55 bits per heavy atom. The van der Waals surface area contributed by atoms with Crippen molar-refractivity contribution in [3.8, 4) is 0 Å². The van der Waals surface area contributed by atoms with E-state index in [9.17, 15) is 4.79 Å². The van der Waals surface area contributed by atoms with Crippen LogP contribution in [0.5, 0.6) is 0 Å². The quantitative estimate of drug-likeness (QED) is 0.885. The van der Waals surface area contributed by atoms with Crippen LogP contribution in [0.15, 0.2) is 18.3 Å². The van der Waals surface area contributed by atoms with Gasteiger partial charge in [0.25, 0.3) is 0 Å². The maximum absolute atomic E-state index is 11.7. The summed E-state index contributed by atoms with van der Waals surface area (Å²) in [6.45, 7) is 10.2. The molecule has 0 spiro atoms. The molecule has 0 aliphatic heterocycles. The molecule has 5 nitrogen and oxygen atoms in total. The molecular weight excluding hydrogens is 254 g/mol. The standard InChI is InChI=1S/C15H25N3O2/c1-11-6-7-17-12(8-11)15(5,9-16)10-18-13(19)20-14(2,3)4/h6-8H,9-10,16H2,1-5H3,(H,18,19). The van der Waals surface area contributed by atoms with Crippen LogP contribution in [0.3, 0.4) is 0 Å². The average molecular weight is 279 g/mol. The first-order valence-corrected chi connectivity index (χ1v) is 6.76. The molecule has 1 aromatic rings. The number of pyridine rings is 1. The van der Waals surface area contributed by atoms with E-state index in [1.807, 2.05) is 46.8 Å². The van der Waals surface area contributed by atoms with E-state index >= 15 is 0 Å². The SMILES string of the molecule is Cc1ccnc(C(C)(CN)CNC(=O)OC(C)(C)C)c1. The molecule has 1 unspecified atom stereocenters. The third-order valence-electron chi connectivity index (χ3n) is 3.01. The number of hydrogen-bond acceptors (Lipinski definition) is 4. The van der Waals surface area contributed by atoms with Crippen LogP contribution in [0, 0.1) is 6.92 Å². The normalized spacial score (nSPS) is 14.5. The first-order valence-electron chi connectivity index (χ1n) is 6.76. The Labute approximate surface area is 120 Å². The van der Waals surface area contributed by atoms with Gasteiger partial charge in [0.2, 0.25) is 0 Å². The average Bonchev–Trinajstić information content (AvgIpc) is 2.34. The fourth-order valence-electron chi connectivity index (χ4n) is 1.71. The largest absolute Gasteiger partial charge is 0.444 e. The maximum atomic E-state index is 11.7. The Hall–Kier alpha value is -1.62. The topological polar surface area (TPSA) is 77.2 Å². The summed E-state index contributed by atoms with van der Waals surface area (Å²) in [6, 6.07) is 3.92. The zero-order valence-electron chi connectivity index (χ0n) is 13.0. The molecule has 1 aromatic heterocycles. The van der Waals surface area contributed by atoms with Gasteiger partial charge in [0, 0.05) is 30.4 Å². The number of aromatic nitrogens is 1. The molecule has 0 fully saturated rings. The maximum Gasteiger partial charge on any atom is 0.407 e. The minimum Gasteiger partial charge on any atom is -0.444 e. The second-order valence-electron chi connectivity index (χ2n) is 6.34. The van der Waals surface area contributed by atoms with Gasteiger partial charge in [0.15, 0.2) is 0 Å². The van der Waals surface area contributed by atoms with E-state index in [1.165, 1.54) is 0 Å². The summed E-state index contributed by atoms with van der Waals surface area (Å²) in [7, 11) is 0. The van der Waals surface area contributed by atoms with Gasteiger partial charge in [-0.15, -0.1) is 0 Å². The van der Waals surface area contributed by atoms with E-state index in [-0.39, 0.29) is 0 Å². The van der Waals surface area contributed by atoms with Crippen molar-refractivity contribution in [2.24, 2.45) is 5.73 Å². The Morgan fingerprint density at radius 1 is 1.40 bits per heavy atom. The molecule has 5 heteroatoms. The third-order valence-corrected chi connectivity index (χ3v) is 3.01. The van der Waals surface area contributed by atoms with Crippen LogP contribution >= 0.6 is 0 Å². The molecule has 0 aliphatic rings. The minimum atomic E-state index is -0.509. The number of hydrogen-bond donors (Lipinski definition) is 2. The lowest BCUT2D eigenvalue weighted by Gasteiger charge is -2.29. The fraction of sp³-hybridized carbons (Fsp3) is 0.600. The van der Waals surface area contributed by atoms with Gasteiger partial charge in [-0.05, 0) is 45.4 Å². The van der Waals surface area contributed by atoms with E-state index in [2.05, 4.69) is 10.3 Å². The Balaban J connectivity index is 2.74. The van der Waals surface area contributed by atoms with Crippen molar-refractivity contribution >= 4 is 6.09 Å². The molecule has 0 bridgehead atoms. The van der Waals surface area contributed by atoms with Crippen LogP contribution in [-0.4, -0.2) is 29.8 Å². The third kappa shape index (κ3) is 4.81. The fourth-order valence-corrected chi connectivity index (χ4v) is 1.71. The molecule has 0 radical (unpaired) electrons. The minimum absolute atomic E-state index is 0.384. The summed E-state index contributed by atoms with van der Waals surface area (Å²) in [6.07, 6.45) is 1.32. The number of amides is 1. The van der Waals surface area contributed by atoms with Crippen molar-refractivity contribution in [3.63, 3.8) is 0 Å². The summed E-state index contributed by atoms with van der Waals surface area (Å²) in [4.78, 5) is 16.1. The zero-order valence-corrected chi connectivity index (χ0v) is 13.0. The Kier molecular flexibility index (Phi) is 5.11. The van der Waals surface area contributed by atoms with Gasteiger partial charge in [-0.3, -0.25) is 4.98 Å². The molecule has 1 amide bonds. The number of carbonyl (C=O) groups is 1. The van der Waals surface area contributed by atoms with Crippen LogP contribution in [0.1, 0.15) is 39.0 Å². The van der Waals surface area contributed by atoms with Gasteiger partial charge in [-0.25, -0.2) is 4.79 Å². The lowest BCUT2D eigenvalue weighted by atomic mass is 9.85. The number of rotatable bonds is 4. The molecule has 0 aromatic carbocycles. The molecule has 3 N–H and O–H groups in total. The molecule has 0 saturated carbocycles. The van der Waals surface area contributed by atoms with E-state index in [0.717, 1.165) is 11.3 Å². The number of ether oxygens (including phenoxy) is 1. The highest BCUT2D eigenvalue weighted by molar-refractivity contribution is 5.67. The van der Waals surface area contributed by atoms with Crippen LogP contribution in [-0.2, 0) is 10.2 Å². The number of nitrogens with one attached hydrogen (secondary N) is 1. The number of nitrogens with zero attached hydrogens (tertiary/aromatic N) is 1. The van der Waals surface area contributed by atoms with Crippen molar-refractivity contribution < 1.29 is 9.53 Å². The smallest absolute Gasteiger partial charge is 0.407 e. The highest BCUT2D eigenvalue weighted by Crippen LogP contribution is 2.20. The van der Waals surface area contributed by atoms with Crippen LogP contribution in [0.25, 0.3) is 0 Å². The number of alkyl carbamates (subject to hydrolysis) is 1. The van der Waals surface area contributed by atoms with E-state index < -0.39 is 17.1 Å². The lowest BCUT2D eigenvalue weighted by molar-refractivity contribution is 0.0516. The highest BCUT2D eigenvalue weighted by Gasteiger charge is 2.28. The molecule has 20 heavy (non-hydrogen) atoms. The number of carbonyl (C=O) groups excluding carboxylic acids is 1. The predicted octanol–water partition coefficient (Wildman–Crippen LogP) is 2.13. The summed E-state index contributed by atoms with van der Waals surface area (Å²) < 4.78 is 5.23. The summed E-state index contributed by atoms with van der Waals surface area (Å²) in [5.74, 6) is 0. The predicted molar refractivity (Wildman–Crippen MR) is 79.6 cm³/mol. The Bertz CT molecular complexity index is 468. The molecule has 112 valence electrons. The Morgan fingerprint density at radius 2 is 2.05 bits per heavy atom. The molecule has 1 heterocycles. The molecular formula is C15H25N3O2. The van der Waals surface area contributed by atoms with Gasteiger partial charge < -0.3 is 15.8 Å². The van der Waals surface area contributed by atoms with Crippen molar-refractivity contribution in [2.75, 3.05) is 13.1 Å². The second kappa shape index (κ2) is 6.22. The molecule has 1 atom stereocenters. The number of nitrogens with two attached hydrogens (primary N) is 1. The van der Waals surface area contributed by atoms with Gasteiger partial charge >= 0.3 is 6.09 Å². The summed E-state index contributed by atoms with van der Waals surface area (Å²) in [5.41, 5.74) is 6.94. The van der Waals surface area contributed by atoms with Gasteiger partial charge in [-0.2, -0.15) is 0 Å². The zero-order chi connectivity index (χ0) is 15.4. The molecule has 0 aliphatic carbocycles. The first-order chi connectivity index (χ1) is 9.16. The summed E-state index contributed by atoms with van der Waals surface area (Å²) in [5, 5.41) is 2.77. The molecule has 1 rings (SSSR count). The van der Waals surface area contributed by atoms with Crippen LogP contribution in [0.4, 0.5) is 4.79 Å². The molecule has 0 saturated heterocycles. The second-order valence-corrected chi connectivity index (χ2v) is 6.34.